The Balaban J connectivity index is 1.55. The molecule has 2 heteroatoms. The van der Waals surface area contributed by atoms with Crippen molar-refractivity contribution in [1.29, 1.82) is 0 Å². The molecule has 0 aromatic heterocycles. The van der Waals surface area contributed by atoms with Crippen molar-refractivity contribution in [2.75, 3.05) is 0 Å². The summed E-state index contributed by atoms with van der Waals surface area (Å²) in [7, 11) is 0. The van der Waals surface area contributed by atoms with Gasteiger partial charge < -0.3 is 4.74 Å². The lowest BCUT2D eigenvalue weighted by molar-refractivity contribution is 0.0734. The zero-order chi connectivity index (χ0) is 22.8. The fraction of sp³-hybridized carbons (Fsp3) is 0.367. The lowest BCUT2D eigenvalue weighted by Gasteiger charge is -2.10. The van der Waals surface area contributed by atoms with Crippen LogP contribution in [0.3, 0.4) is 0 Å². The number of ether oxygens (including phenoxy) is 1. The number of carbonyl (C=O) groups is 1. The molecule has 32 heavy (non-hydrogen) atoms. The van der Waals surface area contributed by atoms with Crippen molar-refractivity contribution < 1.29 is 9.53 Å². The Bertz CT molecular complexity index is 953. The van der Waals surface area contributed by atoms with Gasteiger partial charge in [-0.1, -0.05) is 95.0 Å². The molecule has 0 saturated carbocycles. The first-order chi connectivity index (χ1) is 15.6. The Kier molecular flexibility index (Phi) is 9.10. The van der Waals surface area contributed by atoms with E-state index < -0.39 is 0 Å². The van der Waals surface area contributed by atoms with Crippen LogP contribution in [0.2, 0.25) is 0 Å². The van der Waals surface area contributed by atoms with Gasteiger partial charge in [-0.15, -0.1) is 0 Å². The predicted molar refractivity (Wildman–Crippen MR) is 134 cm³/mol. The molecule has 3 aromatic rings. The summed E-state index contributed by atoms with van der Waals surface area (Å²) in [6.07, 6.45) is 8.40. The zero-order valence-electron chi connectivity index (χ0n) is 19.8. The fourth-order valence-corrected chi connectivity index (χ4v) is 3.82. The first kappa shape index (κ1) is 23.8. The van der Waals surface area contributed by atoms with Gasteiger partial charge in [-0.3, -0.25) is 0 Å². The van der Waals surface area contributed by atoms with E-state index in [0.717, 1.165) is 24.0 Å². The van der Waals surface area contributed by atoms with Crippen molar-refractivity contribution in [3.63, 3.8) is 0 Å². The lowest BCUT2D eigenvalue weighted by atomic mass is 9.96. The van der Waals surface area contributed by atoms with E-state index in [1.54, 1.807) is 0 Å². The molecule has 1 atom stereocenters. The van der Waals surface area contributed by atoms with E-state index in [9.17, 15) is 4.79 Å². The molecule has 2 nitrogen and oxygen atoms in total. The lowest BCUT2D eigenvalue weighted by Crippen LogP contribution is -2.08. The molecule has 0 aliphatic heterocycles. The van der Waals surface area contributed by atoms with Crippen LogP contribution in [0.1, 0.15) is 74.4 Å². The first-order valence-corrected chi connectivity index (χ1v) is 12.1. The fourth-order valence-electron chi connectivity index (χ4n) is 3.82. The van der Waals surface area contributed by atoms with Crippen molar-refractivity contribution >= 4 is 5.97 Å². The third-order valence-corrected chi connectivity index (χ3v) is 6.14. The van der Waals surface area contributed by atoms with Crippen molar-refractivity contribution in [3.8, 4) is 16.9 Å². The Morgan fingerprint density at radius 2 is 1.34 bits per heavy atom. The molecule has 0 radical (unpaired) electrons. The molecular formula is C30H36O2. The topological polar surface area (TPSA) is 26.3 Å². The molecule has 168 valence electrons. The van der Waals surface area contributed by atoms with Crippen LogP contribution in [0.25, 0.3) is 11.1 Å². The van der Waals surface area contributed by atoms with Gasteiger partial charge >= 0.3 is 5.97 Å². The van der Waals surface area contributed by atoms with Crippen LogP contribution in [0, 0.1) is 5.92 Å². The van der Waals surface area contributed by atoms with E-state index in [-0.39, 0.29) is 5.97 Å². The summed E-state index contributed by atoms with van der Waals surface area (Å²) < 4.78 is 5.57. The smallest absolute Gasteiger partial charge is 0.343 e. The van der Waals surface area contributed by atoms with Gasteiger partial charge in [-0.2, -0.15) is 0 Å². The van der Waals surface area contributed by atoms with Gasteiger partial charge in [-0.25, -0.2) is 4.79 Å². The van der Waals surface area contributed by atoms with Gasteiger partial charge in [0.2, 0.25) is 0 Å². The van der Waals surface area contributed by atoms with E-state index in [1.165, 1.54) is 43.2 Å². The summed E-state index contributed by atoms with van der Waals surface area (Å²) in [6.45, 7) is 6.74. The highest BCUT2D eigenvalue weighted by molar-refractivity contribution is 5.91. The van der Waals surface area contributed by atoms with Gasteiger partial charge in [0.05, 0.1) is 5.56 Å². The van der Waals surface area contributed by atoms with Crippen molar-refractivity contribution in [3.05, 3.63) is 89.5 Å². The van der Waals surface area contributed by atoms with Gasteiger partial charge in [0.1, 0.15) is 5.75 Å². The highest BCUT2D eigenvalue weighted by atomic mass is 16.5. The maximum Gasteiger partial charge on any atom is 0.343 e. The Labute approximate surface area is 193 Å². The molecular weight excluding hydrogens is 392 g/mol. The highest BCUT2D eigenvalue weighted by Crippen LogP contribution is 2.23. The molecule has 3 rings (SSSR count). The summed E-state index contributed by atoms with van der Waals surface area (Å²) in [6, 6.07) is 24.3. The van der Waals surface area contributed by atoms with Gasteiger partial charge in [-0.05, 0) is 71.7 Å². The van der Waals surface area contributed by atoms with Crippen molar-refractivity contribution in [2.45, 2.75) is 65.7 Å². The third kappa shape index (κ3) is 7.09. The number of unbranched alkanes of at least 4 members (excludes halogenated alkanes) is 3. The second-order valence-electron chi connectivity index (χ2n) is 8.84. The molecule has 0 fully saturated rings. The van der Waals surface area contributed by atoms with Crippen LogP contribution in [-0.4, -0.2) is 5.97 Å². The van der Waals surface area contributed by atoms with Crippen LogP contribution < -0.4 is 4.74 Å². The molecule has 0 N–H and O–H groups in total. The number of benzene rings is 3. The Morgan fingerprint density at radius 1 is 0.750 bits per heavy atom. The summed E-state index contributed by atoms with van der Waals surface area (Å²) in [4.78, 5) is 12.5. The number of carbonyl (C=O) groups excluding carboxylic acids is 1. The monoisotopic (exact) mass is 428 g/mol. The largest absolute Gasteiger partial charge is 0.423 e. The minimum Gasteiger partial charge on any atom is -0.423 e. The summed E-state index contributed by atoms with van der Waals surface area (Å²) in [5.41, 5.74) is 5.48. The van der Waals surface area contributed by atoms with E-state index in [0.29, 0.717) is 17.2 Å². The Hall–Kier alpha value is -2.87. The van der Waals surface area contributed by atoms with E-state index in [2.05, 4.69) is 57.2 Å². The second kappa shape index (κ2) is 12.2. The van der Waals surface area contributed by atoms with Gasteiger partial charge in [0.15, 0.2) is 0 Å². The molecule has 1 unspecified atom stereocenters. The summed E-state index contributed by atoms with van der Waals surface area (Å²) in [5.74, 6) is 0.970. The number of hydrogen-bond donors (Lipinski definition) is 0. The second-order valence-corrected chi connectivity index (χ2v) is 8.84. The quantitative estimate of drug-likeness (QED) is 0.174. The molecule has 0 aliphatic rings. The number of hydrogen-bond acceptors (Lipinski definition) is 2. The minimum absolute atomic E-state index is 0.323. The van der Waals surface area contributed by atoms with Crippen molar-refractivity contribution in [1.82, 2.24) is 0 Å². The van der Waals surface area contributed by atoms with Gasteiger partial charge in [0, 0.05) is 0 Å². The molecule has 0 heterocycles. The molecule has 0 bridgehead atoms. The van der Waals surface area contributed by atoms with Crippen LogP contribution in [0.5, 0.6) is 5.75 Å². The highest BCUT2D eigenvalue weighted by Gasteiger charge is 2.09. The number of rotatable bonds is 11. The maximum atomic E-state index is 12.5. The van der Waals surface area contributed by atoms with Crippen LogP contribution >= 0.6 is 0 Å². The number of aryl methyl sites for hydroxylation is 1. The van der Waals surface area contributed by atoms with Gasteiger partial charge in [0.25, 0.3) is 0 Å². The molecule has 0 aliphatic carbocycles. The van der Waals surface area contributed by atoms with Crippen LogP contribution in [-0.2, 0) is 12.8 Å². The predicted octanol–water partition coefficient (Wildman–Crippen LogP) is 8.28. The normalized spacial score (nSPS) is 11.8. The first-order valence-electron chi connectivity index (χ1n) is 12.1. The van der Waals surface area contributed by atoms with Crippen LogP contribution in [0.15, 0.2) is 72.8 Å². The van der Waals surface area contributed by atoms with E-state index in [4.69, 9.17) is 4.74 Å². The SMILES string of the molecule is CCCCCCc1ccc(OC(=O)c2ccc(-c3ccc(CC(C)CC)cc3)cc2)cc1. The zero-order valence-corrected chi connectivity index (χ0v) is 19.8. The summed E-state index contributed by atoms with van der Waals surface area (Å²) in [5, 5.41) is 0. The average molecular weight is 429 g/mol. The average Bonchev–Trinajstić information content (AvgIpc) is 2.83. The Morgan fingerprint density at radius 3 is 1.94 bits per heavy atom. The minimum atomic E-state index is -0.323. The standard InChI is InChI=1S/C30H36O2/c1-4-6-7-8-9-24-12-20-29(21-13-24)32-30(31)28-18-16-27(17-19-28)26-14-10-25(11-15-26)22-23(3)5-2/h10-21,23H,4-9,22H2,1-3H3. The van der Waals surface area contributed by atoms with E-state index >= 15 is 0 Å². The number of esters is 1. The molecule has 0 amide bonds. The third-order valence-electron chi connectivity index (χ3n) is 6.14. The summed E-state index contributed by atoms with van der Waals surface area (Å²) >= 11 is 0. The molecule has 0 saturated heterocycles. The van der Waals surface area contributed by atoms with Crippen molar-refractivity contribution in [2.24, 2.45) is 5.92 Å². The molecule has 3 aromatic carbocycles. The van der Waals surface area contributed by atoms with E-state index in [1.807, 2.05) is 36.4 Å². The van der Waals surface area contributed by atoms with Crippen LogP contribution in [0.4, 0.5) is 0 Å². The maximum absolute atomic E-state index is 12.5. The molecule has 0 spiro atoms.